The Kier molecular flexibility index (Phi) is 3.36. The summed E-state index contributed by atoms with van der Waals surface area (Å²) in [5.41, 5.74) is 0.583. The Bertz CT molecular complexity index is 481. The number of hydrogen-bond donors (Lipinski definition) is 0. The maximum atomic E-state index is 12.3. The summed E-state index contributed by atoms with van der Waals surface area (Å²) in [5.74, 6) is -1.88. The molecule has 6 heteroatoms. The maximum Gasteiger partial charge on any atom is 0.363 e. The molecule has 1 aromatic rings. The van der Waals surface area contributed by atoms with Crippen LogP contribution in [0.25, 0.3) is 0 Å². The van der Waals surface area contributed by atoms with Crippen LogP contribution in [0.5, 0.6) is 0 Å². The van der Waals surface area contributed by atoms with E-state index in [0.29, 0.717) is 10.6 Å². The molecule has 0 atom stereocenters. The van der Waals surface area contributed by atoms with Crippen molar-refractivity contribution >= 4 is 17.8 Å². The van der Waals surface area contributed by atoms with Crippen molar-refractivity contribution < 1.29 is 23.6 Å². The second-order valence-electron chi connectivity index (χ2n) is 3.79. The van der Waals surface area contributed by atoms with Gasteiger partial charge in [-0.05, 0) is 17.7 Å². The van der Waals surface area contributed by atoms with E-state index in [-0.39, 0.29) is 18.4 Å². The van der Waals surface area contributed by atoms with E-state index < -0.39 is 24.5 Å². The topological polar surface area (TPSA) is 63.7 Å². The lowest BCUT2D eigenvalue weighted by Gasteiger charge is -2.12. The first-order valence-corrected chi connectivity index (χ1v) is 5.35. The van der Waals surface area contributed by atoms with Crippen LogP contribution in [0.2, 0.25) is 0 Å². The number of hydroxylamine groups is 2. The number of benzene rings is 1. The zero-order valence-electron chi connectivity index (χ0n) is 9.39. The van der Waals surface area contributed by atoms with Crippen LogP contribution in [0.1, 0.15) is 28.8 Å². The fourth-order valence-electron chi connectivity index (χ4n) is 1.52. The van der Waals surface area contributed by atoms with Gasteiger partial charge >= 0.3 is 5.97 Å². The summed E-state index contributed by atoms with van der Waals surface area (Å²) < 4.78 is 12.3. The molecule has 1 saturated heterocycles. The van der Waals surface area contributed by atoms with E-state index in [2.05, 4.69) is 0 Å². The minimum atomic E-state index is -0.816. The first-order valence-electron chi connectivity index (χ1n) is 5.35. The van der Waals surface area contributed by atoms with E-state index in [1.54, 1.807) is 0 Å². The molecule has 0 bridgehead atoms. The fraction of sp³-hybridized carbons (Fsp3) is 0.250. The molecular weight excluding hydrogens is 241 g/mol. The van der Waals surface area contributed by atoms with E-state index in [9.17, 15) is 18.8 Å². The van der Waals surface area contributed by atoms with Gasteiger partial charge in [0.15, 0.2) is 0 Å². The van der Waals surface area contributed by atoms with Crippen LogP contribution in [-0.2, 0) is 21.1 Å². The second-order valence-corrected chi connectivity index (χ2v) is 3.79. The van der Waals surface area contributed by atoms with E-state index in [1.165, 1.54) is 24.3 Å². The monoisotopic (exact) mass is 251 g/mol. The van der Waals surface area contributed by atoms with Crippen LogP contribution in [0.15, 0.2) is 24.3 Å². The first-order chi connectivity index (χ1) is 8.61. The van der Waals surface area contributed by atoms with Crippen LogP contribution in [0.4, 0.5) is 4.39 Å². The summed E-state index contributed by atoms with van der Waals surface area (Å²) in [5, 5.41) is 0.478. The lowest BCUT2D eigenvalue weighted by Crippen LogP contribution is -2.32. The first kappa shape index (κ1) is 12.2. The van der Waals surface area contributed by atoms with Gasteiger partial charge < -0.3 is 4.84 Å². The van der Waals surface area contributed by atoms with E-state index in [0.717, 1.165) is 0 Å². The molecule has 0 aromatic heterocycles. The summed E-state index contributed by atoms with van der Waals surface area (Å²) in [7, 11) is 0. The van der Waals surface area contributed by atoms with Crippen LogP contribution >= 0.6 is 0 Å². The van der Waals surface area contributed by atoms with Crippen molar-refractivity contribution in [2.45, 2.75) is 19.5 Å². The molecular formula is C12H10FNO4. The summed E-state index contributed by atoms with van der Waals surface area (Å²) in [4.78, 5) is 38.8. The van der Waals surface area contributed by atoms with Gasteiger partial charge in [0.1, 0.15) is 6.67 Å². The predicted octanol–water partition coefficient (Wildman–Crippen LogP) is 1.38. The molecule has 1 aromatic carbocycles. The number of alkyl halides is 1. The molecule has 1 aliphatic heterocycles. The SMILES string of the molecule is O=C(ON1C(=O)CCC1=O)c1ccc(CF)cc1. The highest BCUT2D eigenvalue weighted by Crippen LogP contribution is 2.14. The lowest BCUT2D eigenvalue weighted by molar-refractivity contribution is -0.172. The van der Waals surface area contributed by atoms with Crippen LogP contribution in [0.3, 0.4) is 0 Å². The third-order valence-electron chi connectivity index (χ3n) is 2.52. The fourth-order valence-corrected chi connectivity index (χ4v) is 1.52. The number of hydrogen-bond acceptors (Lipinski definition) is 4. The molecule has 0 aliphatic carbocycles. The van der Waals surface area contributed by atoms with E-state index >= 15 is 0 Å². The molecule has 0 radical (unpaired) electrons. The summed E-state index contributed by atoms with van der Waals surface area (Å²) in [6.07, 6.45) is 0.0970. The molecule has 18 heavy (non-hydrogen) atoms. The minimum Gasteiger partial charge on any atom is -0.325 e. The van der Waals surface area contributed by atoms with Gasteiger partial charge in [0.2, 0.25) is 0 Å². The quantitative estimate of drug-likeness (QED) is 0.761. The minimum absolute atomic E-state index is 0.0485. The van der Waals surface area contributed by atoms with Gasteiger partial charge in [0.05, 0.1) is 5.56 Å². The van der Waals surface area contributed by atoms with Gasteiger partial charge in [-0.25, -0.2) is 9.18 Å². The Labute approximate surface area is 102 Å². The van der Waals surface area contributed by atoms with Gasteiger partial charge in [-0.2, -0.15) is 0 Å². The second kappa shape index (κ2) is 4.95. The van der Waals surface area contributed by atoms with Gasteiger partial charge in [0, 0.05) is 12.8 Å². The number of carbonyl (C=O) groups is 3. The molecule has 0 saturated carbocycles. The third kappa shape index (κ3) is 2.37. The molecule has 94 valence electrons. The number of carbonyl (C=O) groups excluding carboxylic acids is 3. The smallest absolute Gasteiger partial charge is 0.325 e. The molecule has 0 N–H and O–H groups in total. The lowest BCUT2D eigenvalue weighted by atomic mass is 10.1. The van der Waals surface area contributed by atoms with Crippen molar-refractivity contribution in [3.05, 3.63) is 35.4 Å². The molecule has 1 heterocycles. The van der Waals surface area contributed by atoms with Crippen molar-refractivity contribution in [1.82, 2.24) is 5.06 Å². The molecule has 1 fully saturated rings. The Morgan fingerprint density at radius 3 is 2.22 bits per heavy atom. The zero-order chi connectivity index (χ0) is 13.1. The van der Waals surface area contributed by atoms with E-state index in [1.807, 2.05) is 0 Å². The van der Waals surface area contributed by atoms with Gasteiger partial charge in [-0.15, -0.1) is 5.06 Å². The largest absolute Gasteiger partial charge is 0.363 e. The van der Waals surface area contributed by atoms with Crippen LogP contribution in [-0.4, -0.2) is 22.8 Å². The molecule has 1 aliphatic rings. The Hall–Kier alpha value is -2.24. The van der Waals surface area contributed by atoms with Crippen LogP contribution in [0, 0.1) is 0 Å². The van der Waals surface area contributed by atoms with E-state index in [4.69, 9.17) is 4.84 Å². The van der Waals surface area contributed by atoms with Gasteiger partial charge in [0.25, 0.3) is 11.8 Å². The van der Waals surface area contributed by atoms with Crippen molar-refractivity contribution in [3.8, 4) is 0 Å². The average Bonchev–Trinajstić information content (AvgIpc) is 2.70. The number of rotatable bonds is 3. The predicted molar refractivity (Wildman–Crippen MR) is 57.8 cm³/mol. The summed E-state index contributed by atoms with van der Waals surface area (Å²) in [6.45, 7) is -0.627. The Balaban J connectivity index is 2.07. The van der Waals surface area contributed by atoms with Crippen molar-refractivity contribution in [3.63, 3.8) is 0 Å². The average molecular weight is 251 g/mol. The summed E-state index contributed by atoms with van der Waals surface area (Å²) in [6, 6.07) is 5.62. The highest BCUT2D eigenvalue weighted by atomic mass is 19.1. The zero-order valence-corrected chi connectivity index (χ0v) is 9.39. The molecule has 0 spiro atoms. The number of nitrogens with zero attached hydrogens (tertiary/aromatic N) is 1. The third-order valence-corrected chi connectivity index (χ3v) is 2.52. The molecule has 5 nitrogen and oxygen atoms in total. The Morgan fingerprint density at radius 2 is 1.72 bits per heavy atom. The van der Waals surface area contributed by atoms with Crippen LogP contribution < -0.4 is 0 Å². The van der Waals surface area contributed by atoms with Gasteiger partial charge in [-0.1, -0.05) is 12.1 Å². The molecule has 2 amide bonds. The normalized spacial score (nSPS) is 15.1. The highest BCUT2D eigenvalue weighted by Gasteiger charge is 2.33. The maximum absolute atomic E-state index is 12.3. The number of imide groups is 1. The number of halogens is 1. The van der Waals surface area contributed by atoms with Crippen molar-refractivity contribution in [2.24, 2.45) is 0 Å². The standard InChI is InChI=1S/C12H10FNO4/c13-7-8-1-3-9(4-2-8)12(17)18-14-10(15)5-6-11(14)16/h1-4H,5-7H2. The van der Waals surface area contributed by atoms with Crippen molar-refractivity contribution in [1.29, 1.82) is 0 Å². The molecule has 2 rings (SSSR count). The Morgan fingerprint density at radius 1 is 1.17 bits per heavy atom. The number of amides is 2. The van der Waals surface area contributed by atoms with Crippen molar-refractivity contribution in [2.75, 3.05) is 0 Å². The molecule has 0 unspecified atom stereocenters. The highest BCUT2D eigenvalue weighted by molar-refractivity contribution is 6.02. The summed E-state index contributed by atoms with van der Waals surface area (Å²) >= 11 is 0. The van der Waals surface area contributed by atoms with Gasteiger partial charge in [-0.3, -0.25) is 9.59 Å².